The number of anilines is 1. The van der Waals surface area contributed by atoms with Crippen LogP contribution in [0.15, 0.2) is 42.5 Å². The molecule has 1 amide bonds. The summed E-state index contributed by atoms with van der Waals surface area (Å²) in [4.78, 5) is 27.4. The zero-order valence-corrected chi connectivity index (χ0v) is 17.6. The molecular weight excluding hydrogens is 408 g/mol. The van der Waals surface area contributed by atoms with E-state index >= 15 is 0 Å². The summed E-state index contributed by atoms with van der Waals surface area (Å²) in [5.41, 5.74) is 0.915. The van der Waals surface area contributed by atoms with E-state index in [1.165, 1.54) is 6.07 Å². The molecule has 9 heteroatoms. The highest BCUT2D eigenvalue weighted by Crippen LogP contribution is 2.25. The largest absolute Gasteiger partial charge is 0.492 e. The maximum Gasteiger partial charge on any atom is 0.293 e. The number of ether oxygens (including phenoxy) is 1. The van der Waals surface area contributed by atoms with Gasteiger partial charge in [-0.25, -0.2) is 0 Å². The minimum atomic E-state index is -0.479. The number of rotatable bonds is 8. The van der Waals surface area contributed by atoms with Gasteiger partial charge in [-0.05, 0) is 42.8 Å². The first-order valence-corrected chi connectivity index (χ1v) is 10.2. The standard InChI is InChI=1S/C21H25ClN4O4/c1-16-2-7-19(20(14-16)26(28)29)23-21(27)15-25-10-8-24(9-11-25)12-13-30-18-5-3-17(22)4-6-18/h2-7,14H,8-13,15H2,1H3,(H,23,27). The summed E-state index contributed by atoms with van der Waals surface area (Å²) in [6, 6.07) is 12.1. The smallest absolute Gasteiger partial charge is 0.293 e. The highest BCUT2D eigenvalue weighted by Gasteiger charge is 2.21. The first kappa shape index (κ1) is 22.0. The van der Waals surface area contributed by atoms with E-state index in [1.54, 1.807) is 31.2 Å². The molecule has 1 aliphatic heterocycles. The highest BCUT2D eigenvalue weighted by atomic mass is 35.5. The molecule has 1 heterocycles. The van der Waals surface area contributed by atoms with Gasteiger partial charge in [0, 0.05) is 43.8 Å². The molecule has 1 fully saturated rings. The molecule has 0 aromatic heterocycles. The van der Waals surface area contributed by atoms with Gasteiger partial charge in [0.25, 0.3) is 5.69 Å². The summed E-state index contributed by atoms with van der Waals surface area (Å²) < 4.78 is 5.73. The van der Waals surface area contributed by atoms with Gasteiger partial charge in [0.2, 0.25) is 5.91 Å². The van der Waals surface area contributed by atoms with Crippen LogP contribution in [-0.2, 0) is 4.79 Å². The van der Waals surface area contributed by atoms with E-state index in [0.717, 1.165) is 44.0 Å². The van der Waals surface area contributed by atoms with Crippen LogP contribution >= 0.6 is 11.6 Å². The minimum absolute atomic E-state index is 0.0890. The molecule has 1 N–H and O–H groups in total. The fraction of sp³-hybridized carbons (Fsp3) is 0.381. The molecule has 0 bridgehead atoms. The van der Waals surface area contributed by atoms with Crippen LogP contribution in [0.5, 0.6) is 5.75 Å². The van der Waals surface area contributed by atoms with Crippen LogP contribution in [0.2, 0.25) is 5.02 Å². The molecule has 0 saturated carbocycles. The maximum absolute atomic E-state index is 12.4. The molecule has 8 nitrogen and oxygen atoms in total. The number of carbonyl (C=O) groups is 1. The molecule has 2 aromatic carbocycles. The van der Waals surface area contributed by atoms with Crippen LogP contribution < -0.4 is 10.1 Å². The molecule has 0 unspecified atom stereocenters. The Labute approximate surface area is 180 Å². The van der Waals surface area contributed by atoms with E-state index in [2.05, 4.69) is 10.2 Å². The summed E-state index contributed by atoms with van der Waals surface area (Å²) in [7, 11) is 0. The molecule has 0 radical (unpaired) electrons. The first-order valence-electron chi connectivity index (χ1n) is 9.78. The number of piperazine rings is 1. The molecule has 1 aliphatic rings. The van der Waals surface area contributed by atoms with Gasteiger partial charge in [-0.2, -0.15) is 0 Å². The van der Waals surface area contributed by atoms with Crippen LogP contribution in [0.3, 0.4) is 0 Å². The molecule has 1 saturated heterocycles. The summed E-state index contributed by atoms with van der Waals surface area (Å²) in [6.07, 6.45) is 0. The van der Waals surface area contributed by atoms with Crippen molar-refractivity contribution in [3.8, 4) is 5.75 Å². The Bertz CT molecular complexity index is 883. The predicted molar refractivity (Wildman–Crippen MR) is 116 cm³/mol. The number of carbonyl (C=O) groups excluding carboxylic acids is 1. The van der Waals surface area contributed by atoms with Gasteiger partial charge in [0.1, 0.15) is 18.0 Å². The second-order valence-electron chi connectivity index (χ2n) is 7.25. The molecule has 2 aromatic rings. The van der Waals surface area contributed by atoms with E-state index in [9.17, 15) is 14.9 Å². The molecule has 30 heavy (non-hydrogen) atoms. The van der Waals surface area contributed by atoms with Crippen LogP contribution in [0.1, 0.15) is 5.56 Å². The Morgan fingerprint density at radius 1 is 1.13 bits per heavy atom. The number of aryl methyl sites for hydroxylation is 1. The zero-order chi connectivity index (χ0) is 21.5. The SMILES string of the molecule is Cc1ccc(NC(=O)CN2CCN(CCOc3ccc(Cl)cc3)CC2)c([N+](=O)[O-])c1. The lowest BCUT2D eigenvalue weighted by atomic mass is 10.2. The predicted octanol–water partition coefficient (Wildman–Crippen LogP) is 3.19. The van der Waals surface area contributed by atoms with Crippen molar-refractivity contribution >= 4 is 28.9 Å². The van der Waals surface area contributed by atoms with E-state index in [4.69, 9.17) is 16.3 Å². The van der Waals surface area contributed by atoms with Crippen molar-refractivity contribution in [2.75, 3.05) is 51.2 Å². The Morgan fingerprint density at radius 3 is 2.47 bits per heavy atom. The van der Waals surface area contributed by atoms with Crippen molar-refractivity contribution in [2.45, 2.75) is 6.92 Å². The van der Waals surface area contributed by atoms with E-state index in [-0.39, 0.29) is 23.8 Å². The van der Waals surface area contributed by atoms with E-state index in [0.29, 0.717) is 11.6 Å². The number of nitrogens with one attached hydrogen (secondary N) is 1. The lowest BCUT2D eigenvalue weighted by Crippen LogP contribution is -2.49. The van der Waals surface area contributed by atoms with Crippen molar-refractivity contribution in [3.63, 3.8) is 0 Å². The molecule has 0 aliphatic carbocycles. The van der Waals surface area contributed by atoms with E-state index in [1.807, 2.05) is 17.0 Å². The molecule has 0 spiro atoms. The van der Waals surface area contributed by atoms with Crippen molar-refractivity contribution < 1.29 is 14.5 Å². The van der Waals surface area contributed by atoms with Gasteiger partial charge >= 0.3 is 0 Å². The van der Waals surface area contributed by atoms with Gasteiger partial charge in [-0.1, -0.05) is 17.7 Å². The average Bonchev–Trinajstić information content (AvgIpc) is 2.72. The second kappa shape index (κ2) is 10.4. The number of halogens is 1. The summed E-state index contributed by atoms with van der Waals surface area (Å²) in [6.45, 7) is 6.55. The minimum Gasteiger partial charge on any atom is -0.492 e. The zero-order valence-electron chi connectivity index (χ0n) is 16.8. The third kappa shape index (κ3) is 6.41. The quantitative estimate of drug-likeness (QED) is 0.509. The number of nitrogens with zero attached hydrogens (tertiary/aromatic N) is 3. The highest BCUT2D eigenvalue weighted by molar-refractivity contribution is 6.30. The third-order valence-corrected chi connectivity index (χ3v) is 5.20. The summed E-state index contributed by atoms with van der Waals surface area (Å²) >= 11 is 5.86. The Hall–Kier alpha value is -2.68. The lowest BCUT2D eigenvalue weighted by Gasteiger charge is -2.34. The number of amides is 1. The van der Waals surface area contributed by atoms with Crippen molar-refractivity contribution in [1.29, 1.82) is 0 Å². The fourth-order valence-electron chi connectivity index (χ4n) is 3.29. The van der Waals surface area contributed by atoms with Gasteiger partial charge in [-0.3, -0.25) is 24.7 Å². The summed E-state index contributed by atoms with van der Waals surface area (Å²) in [5.74, 6) is 0.543. The first-order chi connectivity index (χ1) is 14.4. The molecule has 3 rings (SSSR count). The number of nitro groups is 1. The topological polar surface area (TPSA) is 88.0 Å². The van der Waals surface area contributed by atoms with Gasteiger partial charge < -0.3 is 10.1 Å². The van der Waals surface area contributed by atoms with Crippen LogP contribution in [0, 0.1) is 17.0 Å². The van der Waals surface area contributed by atoms with Crippen molar-refractivity contribution in [3.05, 3.63) is 63.2 Å². The van der Waals surface area contributed by atoms with Crippen LogP contribution in [-0.4, -0.2) is 66.5 Å². The monoisotopic (exact) mass is 432 g/mol. The van der Waals surface area contributed by atoms with Gasteiger partial charge in [0.05, 0.1) is 11.5 Å². The Morgan fingerprint density at radius 2 is 1.80 bits per heavy atom. The van der Waals surface area contributed by atoms with Crippen molar-refractivity contribution in [1.82, 2.24) is 9.80 Å². The number of nitro benzene ring substituents is 1. The normalized spacial score (nSPS) is 15.0. The molecule has 160 valence electrons. The van der Waals surface area contributed by atoms with Crippen LogP contribution in [0.25, 0.3) is 0 Å². The molecule has 0 atom stereocenters. The lowest BCUT2D eigenvalue weighted by molar-refractivity contribution is -0.384. The molecular formula is C21H25ClN4O4. The van der Waals surface area contributed by atoms with Gasteiger partial charge in [0.15, 0.2) is 0 Å². The number of hydrogen-bond donors (Lipinski definition) is 1. The second-order valence-corrected chi connectivity index (χ2v) is 7.68. The third-order valence-electron chi connectivity index (χ3n) is 4.95. The number of hydrogen-bond acceptors (Lipinski definition) is 6. The Kier molecular flexibility index (Phi) is 7.62. The van der Waals surface area contributed by atoms with Crippen molar-refractivity contribution in [2.24, 2.45) is 0 Å². The van der Waals surface area contributed by atoms with Crippen LogP contribution in [0.4, 0.5) is 11.4 Å². The maximum atomic E-state index is 12.4. The number of benzene rings is 2. The summed E-state index contributed by atoms with van der Waals surface area (Å²) in [5, 5.41) is 14.5. The fourth-order valence-corrected chi connectivity index (χ4v) is 3.41. The van der Waals surface area contributed by atoms with Gasteiger partial charge in [-0.15, -0.1) is 0 Å². The Balaban J connectivity index is 1.39. The van der Waals surface area contributed by atoms with E-state index < -0.39 is 4.92 Å². The average molecular weight is 433 g/mol.